The van der Waals surface area contributed by atoms with Gasteiger partial charge >= 0.3 is 0 Å². The molecule has 3 N–H and O–H groups in total. The van der Waals surface area contributed by atoms with Crippen LogP contribution < -0.4 is 11.1 Å². The molecule has 6 nitrogen and oxygen atoms in total. The first-order valence-corrected chi connectivity index (χ1v) is 10.8. The molecule has 1 aromatic heterocycles. The Bertz CT molecular complexity index is 1090. The molecule has 0 atom stereocenters. The Morgan fingerprint density at radius 2 is 1.80 bits per heavy atom. The molecule has 4 rings (SSSR count). The van der Waals surface area contributed by atoms with Gasteiger partial charge in [0.15, 0.2) is 17.9 Å². The van der Waals surface area contributed by atoms with Crippen molar-refractivity contribution in [2.24, 2.45) is 5.73 Å². The minimum Gasteiger partial charge on any atom is -0.352 e. The molecule has 1 saturated carbocycles. The third-order valence-electron chi connectivity index (χ3n) is 5.42. The molecule has 1 aliphatic carbocycles. The van der Waals surface area contributed by atoms with Crippen molar-refractivity contribution in [2.75, 3.05) is 11.9 Å². The summed E-state index contributed by atoms with van der Waals surface area (Å²) in [6.07, 6.45) is 4.83. The number of anilines is 1. The Labute approximate surface area is 189 Å². The van der Waals surface area contributed by atoms with E-state index in [2.05, 4.69) is 20.3 Å². The molecule has 0 unspecified atom stereocenters. The first-order valence-electron chi connectivity index (χ1n) is 9.62. The number of aromatic nitrogens is 3. The lowest BCUT2D eigenvalue weighted by atomic mass is 9.99. The molecule has 3 aromatic rings. The molecule has 9 heteroatoms. The van der Waals surface area contributed by atoms with E-state index in [1.54, 1.807) is 6.07 Å². The van der Waals surface area contributed by atoms with Crippen LogP contribution in [0, 0.1) is 0 Å². The first kappa shape index (κ1) is 21.2. The highest BCUT2D eigenvalue weighted by molar-refractivity contribution is 6.66. The molecule has 0 bridgehead atoms. The summed E-state index contributed by atoms with van der Waals surface area (Å²) in [5.74, 6) is 0.477. The van der Waals surface area contributed by atoms with Crippen LogP contribution in [0.25, 0.3) is 22.2 Å². The summed E-state index contributed by atoms with van der Waals surface area (Å²) >= 11 is 18.2. The Kier molecular flexibility index (Phi) is 5.86. The lowest BCUT2D eigenvalue weighted by Crippen LogP contribution is -2.43. The number of hydrogen-bond acceptors (Lipinski definition) is 6. The Balaban J connectivity index is 1.79. The predicted molar refractivity (Wildman–Crippen MR) is 121 cm³/mol. The summed E-state index contributed by atoms with van der Waals surface area (Å²) in [5, 5.41) is 4.90. The van der Waals surface area contributed by atoms with Crippen molar-refractivity contribution in [3.63, 3.8) is 0 Å². The van der Waals surface area contributed by atoms with Gasteiger partial charge in [-0.3, -0.25) is 4.79 Å². The zero-order valence-electron chi connectivity index (χ0n) is 16.0. The number of hydrogen-bond donors (Lipinski definition) is 2. The van der Waals surface area contributed by atoms with Crippen LogP contribution in [0.3, 0.4) is 0 Å². The predicted octanol–water partition coefficient (Wildman–Crippen LogP) is 5.01. The molecular weight excluding hydrogens is 445 g/mol. The lowest BCUT2D eigenvalue weighted by Gasteiger charge is -2.24. The van der Waals surface area contributed by atoms with E-state index < -0.39 is 3.79 Å². The smallest absolute Gasteiger partial charge is 0.250 e. The van der Waals surface area contributed by atoms with E-state index in [-0.39, 0.29) is 23.1 Å². The van der Waals surface area contributed by atoms with Crippen molar-refractivity contribution in [1.82, 2.24) is 15.0 Å². The van der Waals surface area contributed by atoms with Gasteiger partial charge in [-0.05, 0) is 29.7 Å². The second kappa shape index (κ2) is 8.27. The van der Waals surface area contributed by atoms with Crippen molar-refractivity contribution >= 4 is 57.8 Å². The summed E-state index contributed by atoms with van der Waals surface area (Å²) in [5.41, 5.74) is 7.11. The lowest BCUT2D eigenvalue weighted by molar-refractivity contribution is 0.112. The highest BCUT2D eigenvalue weighted by Gasteiger charge is 2.31. The Hall–Kier alpha value is -1.99. The fourth-order valence-electron chi connectivity index (χ4n) is 3.83. The molecule has 0 saturated heterocycles. The van der Waals surface area contributed by atoms with E-state index in [0.717, 1.165) is 42.7 Å². The second-order valence-corrected chi connectivity index (χ2v) is 9.87. The van der Waals surface area contributed by atoms with Crippen molar-refractivity contribution in [3.8, 4) is 11.4 Å². The molecule has 30 heavy (non-hydrogen) atoms. The monoisotopic (exact) mass is 463 g/mol. The molecule has 1 heterocycles. The van der Waals surface area contributed by atoms with Gasteiger partial charge in [0.1, 0.15) is 0 Å². The van der Waals surface area contributed by atoms with Crippen molar-refractivity contribution in [2.45, 2.75) is 35.0 Å². The zero-order valence-corrected chi connectivity index (χ0v) is 18.3. The van der Waals surface area contributed by atoms with Crippen molar-refractivity contribution in [3.05, 3.63) is 47.8 Å². The van der Waals surface area contributed by atoms with E-state index >= 15 is 0 Å². The zero-order chi connectivity index (χ0) is 21.4. The molecule has 0 amide bonds. The van der Waals surface area contributed by atoms with E-state index in [0.29, 0.717) is 17.7 Å². The summed E-state index contributed by atoms with van der Waals surface area (Å²) in [7, 11) is 0. The molecule has 0 aliphatic heterocycles. The summed E-state index contributed by atoms with van der Waals surface area (Å²) in [6, 6.07) is 11.3. The second-order valence-electron chi connectivity index (χ2n) is 7.59. The summed E-state index contributed by atoms with van der Waals surface area (Å²) in [6.45, 7) is 0.494. The maximum atomic E-state index is 11.9. The molecule has 156 valence electrons. The topological polar surface area (TPSA) is 93.8 Å². The van der Waals surface area contributed by atoms with E-state index in [1.165, 1.54) is 0 Å². The van der Waals surface area contributed by atoms with Gasteiger partial charge in [0.25, 0.3) is 0 Å². The van der Waals surface area contributed by atoms with Gasteiger partial charge in [-0.1, -0.05) is 78.0 Å². The fourth-order valence-corrected chi connectivity index (χ4v) is 4.08. The Morgan fingerprint density at radius 1 is 1.07 bits per heavy atom. The van der Waals surface area contributed by atoms with Crippen LogP contribution in [0.2, 0.25) is 0 Å². The average molecular weight is 465 g/mol. The molecule has 0 radical (unpaired) electrons. The van der Waals surface area contributed by atoms with Gasteiger partial charge in [-0.25, -0.2) is 4.98 Å². The highest BCUT2D eigenvalue weighted by Crippen LogP contribution is 2.37. The number of fused-ring (bicyclic) bond motifs is 1. The van der Waals surface area contributed by atoms with Gasteiger partial charge in [-0.15, -0.1) is 0 Å². The van der Waals surface area contributed by atoms with Crippen LogP contribution in [-0.2, 0) is 3.79 Å². The molecule has 0 spiro atoms. The van der Waals surface area contributed by atoms with Crippen molar-refractivity contribution < 1.29 is 4.79 Å². The van der Waals surface area contributed by atoms with E-state index in [4.69, 9.17) is 40.5 Å². The number of carbonyl (C=O) groups excluding carboxylic acids is 1. The van der Waals surface area contributed by atoms with Gasteiger partial charge in [-0.2, -0.15) is 9.97 Å². The van der Waals surface area contributed by atoms with Gasteiger partial charge in [0, 0.05) is 23.2 Å². The number of carbonyl (C=O) groups is 1. The third-order valence-corrected chi connectivity index (χ3v) is 5.92. The maximum Gasteiger partial charge on any atom is 0.250 e. The fraction of sp³-hybridized carbons (Fsp3) is 0.333. The minimum atomic E-state index is -1.85. The van der Waals surface area contributed by atoms with Crippen LogP contribution in [0.1, 0.15) is 41.9 Å². The number of rotatable bonds is 5. The van der Waals surface area contributed by atoms with Gasteiger partial charge in [0.2, 0.25) is 9.74 Å². The number of nitrogens with two attached hydrogens (primary N) is 1. The number of nitrogens with one attached hydrogen (secondary N) is 1. The van der Waals surface area contributed by atoms with Crippen LogP contribution >= 0.6 is 34.8 Å². The molecule has 1 fully saturated rings. The normalized spacial score (nSPS) is 16.0. The highest BCUT2D eigenvalue weighted by atomic mass is 35.6. The average Bonchev–Trinajstić information content (AvgIpc) is 3.17. The standard InChI is InChI=1S/C21H20Cl3N5O/c22-21(23,24)18-27-17(28-19(29-18)26-12-20(25)9-3-4-10-20)15-8-7-13-5-1-2-6-14(13)16(15)11-30/h1-2,5-8,11H,3-4,9-10,12,25H2,(H,26,27,28,29). The summed E-state index contributed by atoms with van der Waals surface area (Å²) in [4.78, 5) is 25.0. The molecule has 2 aromatic carbocycles. The Morgan fingerprint density at radius 3 is 2.50 bits per heavy atom. The molecule has 1 aliphatic rings. The molecular formula is C21H20Cl3N5O. The number of halogens is 3. The number of nitrogens with zero attached hydrogens (tertiary/aromatic N) is 3. The largest absolute Gasteiger partial charge is 0.352 e. The van der Waals surface area contributed by atoms with Crippen LogP contribution in [0.4, 0.5) is 5.95 Å². The third kappa shape index (κ3) is 4.37. The number of alkyl halides is 3. The van der Waals surface area contributed by atoms with Gasteiger partial charge < -0.3 is 11.1 Å². The van der Waals surface area contributed by atoms with Crippen LogP contribution in [0.5, 0.6) is 0 Å². The first-order chi connectivity index (χ1) is 14.3. The van der Waals surface area contributed by atoms with E-state index in [9.17, 15) is 4.79 Å². The SMILES string of the molecule is NC1(CNc2nc(-c3ccc4ccccc4c3C=O)nc(C(Cl)(Cl)Cl)n2)CCCC1. The number of aldehydes is 1. The van der Waals surface area contributed by atoms with Crippen LogP contribution in [0.15, 0.2) is 36.4 Å². The van der Waals surface area contributed by atoms with Crippen molar-refractivity contribution in [1.29, 1.82) is 0 Å². The summed E-state index contributed by atoms with van der Waals surface area (Å²) < 4.78 is -1.85. The van der Waals surface area contributed by atoms with Gasteiger partial charge in [0.05, 0.1) is 0 Å². The maximum absolute atomic E-state index is 11.9. The van der Waals surface area contributed by atoms with E-state index in [1.807, 2.05) is 30.3 Å². The van der Waals surface area contributed by atoms with Crippen LogP contribution in [-0.4, -0.2) is 33.3 Å². The minimum absolute atomic E-state index is 0.0255. The quantitative estimate of drug-likeness (QED) is 0.407. The number of benzene rings is 2.